The highest BCUT2D eigenvalue weighted by Gasteiger charge is 2.09. The first-order valence-electron chi connectivity index (χ1n) is 9.33. The van der Waals surface area contributed by atoms with Crippen LogP contribution >= 0.6 is 12.2 Å². The third-order valence-corrected chi connectivity index (χ3v) is 4.62. The molecule has 3 rings (SSSR count). The van der Waals surface area contributed by atoms with Crippen LogP contribution in [0.4, 0.5) is 5.69 Å². The Morgan fingerprint density at radius 2 is 2.00 bits per heavy atom. The highest BCUT2D eigenvalue weighted by Crippen LogP contribution is 2.23. The van der Waals surface area contributed by atoms with Crippen LogP contribution in [0.15, 0.2) is 45.9 Å². The third kappa shape index (κ3) is 6.63. The summed E-state index contributed by atoms with van der Waals surface area (Å²) in [4.78, 5) is 12.7. The van der Waals surface area contributed by atoms with Gasteiger partial charge in [0.1, 0.15) is 11.5 Å². The molecule has 1 aromatic heterocycles. The van der Waals surface area contributed by atoms with Gasteiger partial charge in [-0.1, -0.05) is 0 Å². The van der Waals surface area contributed by atoms with Crippen molar-refractivity contribution < 1.29 is 14.1 Å². The van der Waals surface area contributed by atoms with E-state index in [4.69, 9.17) is 21.4 Å². The zero-order chi connectivity index (χ0) is 20.5. The average Bonchev–Trinajstić information content (AvgIpc) is 3.21. The molecule has 1 aliphatic rings. The normalized spacial score (nSPS) is 14.8. The number of hydrogen-bond acceptors (Lipinski definition) is 7. The maximum absolute atomic E-state index is 10.7. The monoisotopic (exact) mass is 417 g/mol. The van der Waals surface area contributed by atoms with E-state index in [0.29, 0.717) is 16.6 Å². The lowest BCUT2D eigenvalue weighted by molar-refractivity contribution is -0.384. The van der Waals surface area contributed by atoms with Crippen LogP contribution in [0.5, 0.6) is 0 Å². The van der Waals surface area contributed by atoms with Crippen molar-refractivity contribution in [3.63, 3.8) is 0 Å². The molecule has 1 fully saturated rings. The molecule has 2 heterocycles. The fourth-order valence-corrected chi connectivity index (χ4v) is 3.00. The highest BCUT2D eigenvalue weighted by molar-refractivity contribution is 7.80. The quantitative estimate of drug-likeness (QED) is 0.222. The van der Waals surface area contributed by atoms with Gasteiger partial charge in [0.25, 0.3) is 5.69 Å². The summed E-state index contributed by atoms with van der Waals surface area (Å²) < 4.78 is 11.0. The van der Waals surface area contributed by atoms with Crippen molar-refractivity contribution >= 4 is 29.2 Å². The van der Waals surface area contributed by atoms with Gasteiger partial charge in [0.15, 0.2) is 5.11 Å². The predicted molar refractivity (Wildman–Crippen MR) is 114 cm³/mol. The van der Waals surface area contributed by atoms with Gasteiger partial charge in [-0.05, 0) is 49.4 Å². The minimum Gasteiger partial charge on any atom is -0.455 e. The third-order valence-electron chi connectivity index (χ3n) is 4.39. The SMILES string of the molecule is O=[N+]([O-])c1ccc(-c2ccc(/C=N\NC(=S)NCCCN3CCOCC3)o2)cc1. The maximum atomic E-state index is 10.7. The molecule has 9 nitrogen and oxygen atoms in total. The second-order valence-corrected chi connectivity index (χ2v) is 6.85. The van der Waals surface area contributed by atoms with Crippen LogP contribution in [-0.4, -0.2) is 60.5 Å². The molecule has 29 heavy (non-hydrogen) atoms. The number of nitro benzene ring substituents is 1. The number of morpholine rings is 1. The molecule has 10 heteroatoms. The van der Waals surface area contributed by atoms with E-state index in [9.17, 15) is 10.1 Å². The van der Waals surface area contributed by atoms with E-state index in [2.05, 4.69) is 20.7 Å². The zero-order valence-corrected chi connectivity index (χ0v) is 16.7. The number of benzene rings is 1. The molecule has 0 atom stereocenters. The molecule has 0 spiro atoms. The first kappa shape index (κ1) is 20.9. The molecule has 1 aliphatic heterocycles. The second kappa shape index (κ2) is 10.6. The van der Waals surface area contributed by atoms with Gasteiger partial charge in [-0.15, -0.1) is 0 Å². The van der Waals surface area contributed by atoms with Gasteiger partial charge in [-0.3, -0.25) is 20.4 Å². The lowest BCUT2D eigenvalue weighted by Gasteiger charge is -2.26. The number of hydrogen-bond donors (Lipinski definition) is 2. The minimum atomic E-state index is -0.435. The summed E-state index contributed by atoms with van der Waals surface area (Å²) in [6, 6.07) is 9.72. The van der Waals surface area contributed by atoms with Gasteiger partial charge in [0.05, 0.1) is 24.4 Å². The van der Waals surface area contributed by atoms with Crippen LogP contribution in [0.25, 0.3) is 11.3 Å². The first-order valence-corrected chi connectivity index (χ1v) is 9.74. The second-order valence-electron chi connectivity index (χ2n) is 6.44. The van der Waals surface area contributed by atoms with E-state index >= 15 is 0 Å². The molecule has 1 saturated heterocycles. The van der Waals surface area contributed by atoms with Gasteiger partial charge >= 0.3 is 0 Å². The number of furan rings is 1. The lowest BCUT2D eigenvalue weighted by Crippen LogP contribution is -2.39. The van der Waals surface area contributed by atoms with E-state index in [1.54, 1.807) is 24.3 Å². The Balaban J connectivity index is 1.38. The minimum absolute atomic E-state index is 0.0391. The molecule has 2 N–H and O–H groups in total. The van der Waals surface area contributed by atoms with Gasteiger partial charge in [-0.2, -0.15) is 5.10 Å². The Kier molecular flexibility index (Phi) is 7.68. The number of nitro groups is 1. The summed E-state index contributed by atoms with van der Waals surface area (Å²) in [5.74, 6) is 1.14. The first-order chi connectivity index (χ1) is 14.1. The van der Waals surface area contributed by atoms with Crippen molar-refractivity contribution in [2.24, 2.45) is 5.10 Å². The summed E-state index contributed by atoms with van der Waals surface area (Å²) in [6.45, 7) is 5.36. The Hall–Kier alpha value is -2.82. The number of rotatable bonds is 8. The van der Waals surface area contributed by atoms with Gasteiger partial charge in [0, 0.05) is 37.3 Å². The molecule has 0 amide bonds. The molecule has 0 unspecified atom stereocenters. The van der Waals surface area contributed by atoms with Crippen LogP contribution in [0.2, 0.25) is 0 Å². The summed E-state index contributed by atoms with van der Waals surface area (Å²) in [7, 11) is 0. The number of hydrazone groups is 1. The molecule has 0 saturated carbocycles. The van der Waals surface area contributed by atoms with Crippen molar-refractivity contribution in [2.75, 3.05) is 39.4 Å². The summed E-state index contributed by atoms with van der Waals surface area (Å²) in [6.07, 6.45) is 2.51. The Morgan fingerprint density at radius 3 is 2.72 bits per heavy atom. The van der Waals surface area contributed by atoms with Crippen molar-refractivity contribution in [2.45, 2.75) is 6.42 Å². The van der Waals surface area contributed by atoms with Gasteiger partial charge in [0.2, 0.25) is 0 Å². The van der Waals surface area contributed by atoms with Crippen LogP contribution in [0.3, 0.4) is 0 Å². The Bertz CT molecular complexity index is 847. The van der Waals surface area contributed by atoms with E-state index in [1.165, 1.54) is 18.3 Å². The topological polar surface area (TPSA) is 105 Å². The number of nitrogens with one attached hydrogen (secondary N) is 2. The van der Waals surface area contributed by atoms with Crippen molar-refractivity contribution in [1.82, 2.24) is 15.6 Å². The standard InChI is InChI=1S/C19H23N5O4S/c25-24(26)16-4-2-15(3-5-16)18-7-6-17(28-18)14-21-22-19(29)20-8-1-9-23-10-12-27-13-11-23/h2-7,14H,1,8-13H2,(H2,20,22,29)/b21-14-. The smallest absolute Gasteiger partial charge is 0.269 e. The fourth-order valence-electron chi connectivity index (χ4n) is 2.85. The van der Waals surface area contributed by atoms with Crippen LogP contribution in [0.1, 0.15) is 12.2 Å². The predicted octanol–water partition coefficient (Wildman–Crippen LogP) is 2.38. The van der Waals surface area contributed by atoms with E-state index in [0.717, 1.165) is 51.4 Å². The van der Waals surface area contributed by atoms with E-state index < -0.39 is 4.92 Å². The van der Waals surface area contributed by atoms with Crippen LogP contribution < -0.4 is 10.7 Å². The summed E-state index contributed by atoms with van der Waals surface area (Å²) in [5.41, 5.74) is 3.55. The van der Waals surface area contributed by atoms with E-state index in [-0.39, 0.29) is 5.69 Å². The van der Waals surface area contributed by atoms with Crippen molar-refractivity contribution in [1.29, 1.82) is 0 Å². The maximum Gasteiger partial charge on any atom is 0.269 e. The fraction of sp³-hybridized carbons (Fsp3) is 0.368. The molecule has 1 aromatic carbocycles. The summed E-state index contributed by atoms with van der Waals surface area (Å²) >= 11 is 5.20. The van der Waals surface area contributed by atoms with Crippen molar-refractivity contribution in [3.8, 4) is 11.3 Å². The number of non-ortho nitro benzene ring substituents is 1. The molecule has 0 aliphatic carbocycles. The lowest BCUT2D eigenvalue weighted by atomic mass is 10.1. The number of thiocarbonyl (C=S) groups is 1. The molecule has 0 radical (unpaired) electrons. The molecule has 154 valence electrons. The molecular formula is C19H23N5O4S. The Labute approximate surface area is 173 Å². The largest absolute Gasteiger partial charge is 0.455 e. The average molecular weight is 417 g/mol. The van der Waals surface area contributed by atoms with Crippen LogP contribution in [0, 0.1) is 10.1 Å². The van der Waals surface area contributed by atoms with Crippen LogP contribution in [-0.2, 0) is 4.74 Å². The van der Waals surface area contributed by atoms with Gasteiger partial charge < -0.3 is 14.5 Å². The summed E-state index contributed by atoms with van der Waals surface area (Å²) in [5, 5.41) is 18.3. The molecule has 0 bridgehead atoms. The zero-order valence-electron chi connectivity index (χ0n) is 15.9. The number of ether oxygens (including phenoxy) is 1. The molecular weight excluding hydrogens is 394 g/mol. The van der Waals surface area contributed by atoms with Gasteiger partial charge in [-0.25, -0.2) is 0 Å². The van der Waals surface area contributed by atoms with Crippen molar-refractivity contribution in [3.05, 3.63) is 52.3 Å². The highest BCUT2D eigenvalue weighted by atomic mass is 32.1. The molecule has 2 aromatic rings. The number of nitrogens with zero attached hydrogens (tertiary/aromatic N) is 3. The van der Waals surface area contributed by atoms with E-state index in [1.807, 2.05) is 0 Å². The Morgan fingerprint density at radius 1 is 1.24 bits per heavy atom.